The van der Waals surface area contributed by atoms with Gasteiger partial charge in [0, 0.05) is 18.3 Å². The number of carbonyl (C=O) groups is 1. The zero-order valence-corrected chi connectivity index (χ0v) is 10.9. The van der Waals surface area contributed by atoms with Gasteiger partial charge in [0.05, 0.1) is 5.69 Å². The van der Waals surface area contributed by atoms with Gasteiger partial charge in [0.15, 0.2) is 5.69 Å². The molecule has 2 rings (SSSR count). The summed E-state index contributed by atoms with van der Waals surface area (Å²) in [5.41, 5.74) is 6.57. The molecule has 1 amide bonds. The Hall–Kier alpha value is -1.62. The number of likely N-dealkylation sites (N-methyl/N-ethyl adjacent to an activating group) is 1. The molecule has 1 aliphatic carbocycles. The van der Waals surface area contributed by atoms with E-state index < -0.39 is 0 Å². The molecule has 98 valence electrons. The SMILES string of the molecule is CN(C)C1(CNC(=O)c2ncccc2N)CCC1. The van der Waals surface area contributed by atoms with E-state index in [1.54, 1.807) is 18.3 Å². The number of nitrogens with two attached hydrogens (primary N) is 1. The first-order valence-corrected chi connectivity index (χ1v) is 6.21. The van der Waals surface area contributed by atoms with E-state index in [9.17, 15) is 4.79 Å². The van der Waals surface area contributed by atoms with Crippen LogP contribution in [0.25, 0.3) is 0 Å². The number of nitrogen functional groups attached to an aromatic ring is 1. The highest BCUT2D eigenvalue weighted by Crippen LogP contribution is 2.35. The van der Waals surface area contributed by atoms with Crippen molar-refractivity contribution >= 4 is 11.6 Å². The highest BCUT2D eigenvalue weighted by Gasteiger charge is 2.39. The van der Waals surface area contributed by atoms with Crippen molar-refractivity contribution < 1.29 is 4.79 Å². The third kappa shape index (κ3) is 2.31. The van der Waals surface area contributed by atoms with Crippen molar-refractivity contribution in [3.63, 3.8) is 0 Å². The number of amides is 1. The van der Waals surface area contributed by atoms with Crippen molar-refractivity contribution in [3.05, 3.63) is 24.0 Å². The van der Waals surface area contributed by atoms with Crippen LogP contribution in [0.2, 0.25) is 0 Å². The van der Waals surface area contributed by atoms with Gasteiger partial charge in [-0.3, -0.25) is 4.79 Å². The van der Waals surface area contributed by atoms with E-state index in [1.165, 1.54) is 6.42 Å². The zero-order chi connectivity index (χ0) is 13.2. The van der Waals surface area contributed by atoms with Crippen molar-refractivity contribution in [2.45, 2.75) is 24.8 Å². The molecule has 18 heavy (non-hydrogen) atoms. The lowest BCUT2D eigenvalue weighted by Crippen LogP contribution is -2.57. The fraction of sp³-hybridized carbons (Fsp3) is 0.538. The Morgan fingerprint density at radius 3 is 2.78 bits per heavy atom. The van der Waals surface area contributed by atoms with Crippen molar-refractivity contribution in [1.29, 1.82) is 0 Å². The molecule has 5 heteroatoms. The van der Waals surface area contributed by atoms with E-state index in [1.807, 2.05) is 0 Å². The van der Waals surface area contributed by atoms with Crippen molar-refractivity contribution in [2.24, 2.45) is 0 Å². The van der Waals surface area contributed by atoms with E-state index in [0.717, 1.165) is 12.8 Å². The number of aromatic nitrogens is 1. The Morgan fingerprint density at radius 1 is 1.56 bits per heavy atom. The average Bonchev–Trinajstić information content (AvgIpc) is 2.27. The Bertz CT molecular complexity index is 440. The first-order chi connectivity index (χ1) is 8.55. The molecule has 1 saturated carbocycles. The highest BCUT2D eigenvalue weighted by molar-refractivity contribution is 5.97. The van der Waals surface area contributed by atoms with Gasteiger partial charge in [-0.25, -0.2) is 4.98 Å². The first kappa shape index (κ1) is 12.8. The van der Waals surface area contributed by atoms with Gasteiger partial charge >= 0.3 is 0 Å². The van der Waals surface area contributed by atoms with Gasteiger partial charge in [0.1, 0.15) is 0 Å². The molecule has 5 nitrogen and oxygen atoms in total. The summed E-state index contributed by atoms with van der Waals surface area (Å²) in [4.78, 5) is 18.2. The molecule has 0 atom stereocenters. The molecule has 1 fully saturated rings. The summed E-state index contributed by atoms with van der Waals surface area (Å²) in [6, 6.07) is 3.41. The fourth-order valence-corrected chi connectivity index (χ4v) is 2.30. The van der Waals surface area contributed by atoms with E-state index in [0.29, 0.717) is 17.9 Å². The third-order valence-electron chi connectivity index (χ3n) is 3.86. The van der Waals surface area contributed by atoms with E-state index in [4.69, 9.17) is 5.73 Å². The van der Waals surface area contributed by atoms with Crippen molar-refractivity contribution in [1.82, 2.24) is 15.2 Å². The first-order valence-electron chi connectivity index (χ1n) is 6.21. The Morgan fingerprint density at radius 2 is 2.28 bits per heavy atom. The molecule has 1 aromatic rings. The molecule has 0 spiro atoms. The van der Waals surface area contributed by atoms with E-state index in [2.05, 4.69) is 29.3 Å². The smallest absolute Gasteiger partial charge is 0.272 e. The zero-order valence-electron chi connectivity index (χ0n) is 10.9. The van der Waals surface area contributed by atoms with E-state index >= 15 is 0 Å². The fourth-order valence-electron chi connectivity index (χ4n) is 2.30. The molecule has 0 radical (unpaired) electrons. The molecule has 0 unspecified atom stereocenters. The van der Waals surface area contributed by atoms with E-state index in [-0.39, 0.29) is 11.4 Å². The second-order valence-corrected chi connectivity index (χ2v) is 5.10. The maximum absolute atomic E-state index is 12.0. The molecule has 1 aromatic heterocycles. The summed E-state index contributed by atoms with van der Waals surface area (Å²) in [6.45, 7) is 0.648. The van der Waals surface area contributed by atoms with Crippen LogP contribution in [0, 0.1) is 0 Å². The average molecular weight is 248 g/mol. The standard InChI is InChI=1S/C13H20N4O/c1-17(2)13(6-4-7-13)9-16-12(18)11-10(14)5-3-8-15-11/h3,5,8H,4,6-7,9,14H2,1-2H3,(H,16,18). The van der Waals surface area contributed by atoms with Gasteiger partial charge in [-0.15, -0.1) is 0 Å². The monoisotopic (exact) mass is 248 g/mol. The summed E-state index contributed by atoms with van der Waals surface area (Å²) in [6.07, 6.45) is 5.05. The Labute approximate surface area is 107 Å². The van der Waals surface area contributed by atoms with Crippen LogP contribution in [-0.2, 0) is 0 Å². The van der Waals surface area contributed by atoms with Gasteiger partial charge in [0.25, 0.3) is 5.91 Å². The number of nitrogens with zero attached hydrogens (tertiary/aromatic N) is 2. The second kappa shape index (κ2) is 4.94. The number of nitrogens with one attached hydrogen (secondary N) is 1. The molecule has 0 aliphatic heterocycles. The van der Waals surface area contributed by atoms with Crippen LogP contribution in [-0.4, -0.2) is 42.0 Å². The molecule has 1 heterocycles. The molecule has 0 aromatic carbocycles. The summed E-state index contributed by atoms with van der Waals surface area (Å²) in [5, 5.41) is 2.94. The summed E-state index contributed by atoms with van der Waals surface area (Å²) in [7, 11) is 4.11. The number of pyridine rings is 1. The quantitative estimate of drug-likeness (QED) is 0.829. The van der Waals surface area contributed by atoms with Crippen LogP contribution >= 0.6 is 0 Å². The minimum absolute atomic E-state index is 0.110. The van der Waals surface area contributed by atoms with Crippen molar-refractivity contribution in [3.8, 4) is 0 Å². The number of anilines is 1. The van der Waals surface area contributed by atoms with Crippen LogP contribution in [0.3, 0.4) is 0 Å². The Kier molecular flexibility index (Phi) is 3.52. The van der Waals surface area contributed by atoms with Crippen LogP contribution in [0.5, 0.6) is 0 Å². The summed E-state index contributed by atoms with van der Waals surface area (Å²) >= 11 is 0. The lowest BCUT2D eigenvalue weighted by molar-refractivity contribution is 0.0556. The number of rotatable bonds is 4. The number of hydrogen-bond donors (Lipinski definition) is 2. The summed E-state index contributed by atoms with van der Waals surface area (Å²) in [5.74, 6) is -0.193. The van der Waals surface area contributed by atoms with Crippen LogP contribution in [0.15, 0.2) is 18.3 Å². The predicted octanol–water partition coefficient (Wildman–Crippen LogP) is 0.878. The molecular weight excluding hydrogens is 228 g/mol. The minimum Gasteiger partial charge on any atom is -0.397 e. The third-order valence-corrected chi connectivity index (χ3v) is 3.86. The maximum atomic E-state index is 12.0. The normalized spacial score (nSPS) is 17.3. The van der Waals surface area contributed by atoms with Gasteiger partial charge < -0.3 is 16.0 Å². The van der Waals surface area contributed by atoms with Gasteiger partial charge in [-0.1, -0.05) is 0 Å². The molecule has 1 aliphatic rings. The van der Waals surface area contributed by atoms with Crippen molar-refractivity contribution in [2.75, 3.05) is 26.4 Å². The van der Waals surface area contributed by atoms with Crippen LogP contribution < -0.4 is 11.1 Å². The summed E-state index contributed by atoms with van der Waals surface area (Å²) < 4.78 is 0. The highest BCUT2D eigenvalue weighted by atomic mass is 16.1. The Balaban J connectivity index is 1.99. The maximum Gasteiger partial charge on any atom is 0.272 e. The number of hydrogen-bond acceptors (Lipinski definition) is 4. The molecule has 0 saturated heterocycles. The van der Waals surface area contributed by atoms with Gasteiger partial charge in [-0.2, -0.15) is 0 Å². The molecule has 3 N–H and O–H groups in total. The largest absolute Gasteiger partial charge is 0.397 e. The van der Waals surface area contributed by atoms with Crippen LogP contribution in [0.1, 0.15) is 29.8 Å². The van der Waals surface area contributed by atoms with Gasteiger partial charge in [0.2, 0.25) is 0 Å². The molecular formula is C13H20N4O. The lowest BCUT2D eigenvalue weighted by Gasteiger charge is -2.47. The topological polar surface area (TPSA) is 71.2 Å². The van der Waals surface area contributed by atoms with Crippen LogP contribution in [0.4, 0.5) is 5.69 Å². The number of carbonyl (C=O) groups excluding carboxylic acids is 1. The minimum atomic E-state index is -0.193. The lowest BCUT2D eigenvalue weighted by atomic mass is 9.75. The second-order valence-electron chi connectivity index (χ2n) is 5.10. The van der Waals surface area contributed by atoms with Gasteiger partial charge in [-0.05, 0) is 45.5 Å². The molecule has 0 bridgehead atoms. The predicted molar refractivity (Wildman–Crippen MR) is 71.3 cm³/mol.